The van der Waals surface area contributed by atoms with E-state index in [1.807, 2.05) is 24.3 Å². The predicted molar refractivity (Wildman–Crippen MR) is 90.7 cm³/mol. The standard InChI is InChI=1S/C19H19NO5/c1-23-15-9-5-7-13(17(15)24-2)11-20-18(21)16-10-12-6-3-4-8-14(12)19(22)25-16/h3-9,16H,10-11H2,1-2H3,(H,20,21). The monoisotopic (exact) mass is 341 g/mol. The molecule has 1 N–H and O–H groups in total. The lowest BCUT2D eigenvalue weighted by Gasteiger charge is -2.24. The number of hydrogen-bond acceptors (Lipinski definition) is 5. The number of ether oxygens (including phenoxy) is 3. The number of cyclic esters (lactones) is 1. The van der Waals surface area contributed by atoms with Gasteiger partial charge in [-0.2, -0.15) is 0 Å². The summed E-state index contributed by atoms with van der Waals surface area (Å²) < 4.78 is 15.9. The van der Waals surface area contributed by atoms with E-state index in [0.29, 0.717) is 23.5 Å². The van der Waals surface area contributed by atoms with Crippen LogP contribution in [0.2, 0.25) is 0 Å². The summed E-state index contributed by atoms with van der Waals surface area (Å²) in [4.78, 5) is 24.4. The van der Waals surface area contributed by atoms with Gasteiger partial charge in [0.1, 0.15) is 0 Å². The molecular formula is C19H19NO5. The molecule has 3 rings (SSSR count). The molecule has 6 heteroatoms. The van der Waals surface area contributed by atoms with Gasteiger partial charge in [0.15, 0.2) is 17.6 Å². The molecule has 0 aliphatic carbocycles. The zero-order valence-corrected chi connectivity index (χ0v) is 14.1. The summed E-state index contributed by atoms with van der Waals surface area (Å²) in [5.41, 5.74) is 2.11. The van der Waals surface area contributed by atoms with E-state index in [9.17, 15) is 9.59 Å². The second-order valence-electron chi connectivity index (χ2n) is 5.63. The second-order valence-corrected chi connectivity index (χ2v) is 5.63. The van der Waals surface area contributed by atoms with E-state index >= 15 is 0 Å². The fraction of sp³-hybridized carbons (Fsp3) is 0.263. The van der Waals surface area contributed by atoms with Crippen LogP contribution in [-0.4, -0.2) is 32.2 Å². The highest BCUT2D eigenvalue weighted by atomic mass is 16.5. The summed E-state index contributed by atoms with van der Waals surface area (Å²) in [5.74, 6) is 0.345. The summed E-state index contributed by atoms with van der Waals surface area (Å²) in [6.07, 6.45) is -0.470. The molecule has 130 valence electrons. The Hall–Kier alpha value is -3.02. The predicted octanol–water partition coefficient (Wildman–Crippen LogP) is 2.10. The summed E-state index contributed by atoms with van der Waals surface area (Å²) >= 11 is 0. The van der Waals surface area contributed by atoms with E-state index < -0.39 is 12.1 Å². The Morgan fingerprint density at radius 3 is 2.72 bits per heavy atom. The highest BCUT2D eigenvalue weighted by Gasteiger charge is 2.30. The lowest BCUT2D eigenvalue weighted by atomic mass is 9.98. The van der Waals surface area contributed by atoms with Gasteiger partial charge in [0, 0.05) is 18.5 Å². The molecule has 0 fully saturated rings. The van der Waals surface area contributed by atoms with Crippen LogP contribution in [0.25, 0.3) is 0 Å². The fourth-order valence-electron chi connectivity index (χ4n) is 2.87. The van der Waals surface area contributed by atoms with E-state index in [4.69, 9.17) is 14.2 Å². The van der Waals surface area contributed by atoms with Crippen LogP contribution < -0.4 is 14.8 Å². The van der Waals surface area contributed by atoms with Gasteiger partial charge in [-0.1, -0.05) is 30.3 Å². The van der Waals surface area contributed by atoms with Crippen LogP contribution in [0.3, 0.4) is 0 Å². The van der Waals surface area contributed by atoms with Crippen LogP contribution >= 0.6 is 0 Å². The lowest BCUT2D eigenvalue weighted by molar-refractivity contribution is -0.130. The van der Waals surface area contributed by atoms with E-state index in [0.717, 1.165) is 11.1 Å². The molecule has 1 aliphatic rings. The summed E-state index contributed by atoms with van der Waals surface area (Å²) in [6, 6.07) is 12.6. The molecule has 1 atom stereocenters. The first-order valence-electron chi connectivity index (χ1n) is 7.90. The normalized spacial score (nSPS) is 15.8. The number of fused-ring (bicyclic) bond motifs is 1. The zero-order valence-electron chi connectivity index (χ0n) is 14.1. The molecule has 25 heavy (non-hydrogen) atoms. The third-order valence-corrected chi connectivity index (χ3v) is 4.12. The van der Waals surface area contributed by atoms with Crippen molar-refractivity contribution < 1.29 is 23.8 Å². The van der Waals surface area contributed by atoms with E-state index in [1.165, 1.54) is 0 Å². The Morgan fingerprint density at radius 1 is 1.16 bits per heavy atom. The van der Waals surface area contributed by atoms with E-state index in [1.54, 1.807) is 32.4 Å². The molecule has 6 nitrogen and oxygen atoms in total. The first-order valence-corrected chi connectivity index (χ1v) is 7.90. The molecule has 2 aromatic carbocycles. The lowest BCUT2D eigenvalue weighted by Crippen LogP contribution is -2.41. The quantitative estimate of drug-likeness (QED) is 0.843. The number of methoxy groups -OCH3 is 2. The Labute approximate surface area is 145 Å². The van der Waals surface area contributed by atoms with Crippen LogP contribution in [-0.2, 0) is 22.5 Å². The fourth-order valence-corrected chi connectivity index (χ4v) is 2.87. The number of nitrogens with one attached hydrogen (secondary N) is 1. The van der Waals surface area contributed by atoms with Gasteiger partial charge < -0.3 is 19.5 Å². The van der Waals surface area contributed by atoms with Crippen LogP contribution in [0, 0.1) is 0 Å². The number of rotatable bonds is 5. The Morgan fingerprint density at radius 2 is 1.96 bits per heavy atom. The van der Waals surface area contributed by atoms with Crippen molar-refractivity contribution in [1.29, 1.82) is 0 Å². The largest absolute Gasteiger partial charge is 0.493 e. The number of benzene rings is 2. The minimum Gasteiger partial charge on any atom is -0.493 e. The van der Waals surface area contributed by atoms with Gasteiger partial charge in [0.25, 0.3) is 5.91 Å². The summed E-state index contributed by atoms with van der Waals surface area (Å²) in [6.45, 7) is 0.245. The molecule has 0 saturated carbocycles. The molecule has 1 unspecified atom stereocenters. The van der Waals surface area contributed by atoms with Crippen molar-refractivity contribution in [3.05, 3.63) is 59.2 Å². The first kappa shape index (κ1) is 16.8. The SMILES string of the molecule is COc1cccc(CNC(=O)C2Cc3ccccc3C(=O)O2)c1OC. The van der Waals surface area contributed by atoms with Gasteiger partial charge in [-0.15, -0.1) is 0 Å². The van der Waals surface area contributed by atoms with Crippen molar-refractivity contribution in [2.24, 2.45) is 0 Å². The highest BCUT2D eigenvalue weighted by Crippen LogP contribution is 2.30. The third kappa shape index (κ3) is 3.42. The van der Waals surface area contributed by atoms with Crippen molar-refractivity contribution in [2.75, 3.05) is 14.2 Å². The number of carbonyl (C=O) groups excluding carboxylic acids is 2. The first-order chi connectivity index (χ1) is 12.1. The third-order valence-electron chi connectivity index (χ3n) is 4.12. The Balaban J connectivity index is 1.69. The van der Waals surface area contributed by atoms with Crippen molar-refractivity contribution >= 4 is 11.9 Å². The van der Waals surface area contributed by atoms with Gasteiger partial charge in [-0.3, -0.25) is 4.79 Å². The van der Waals surface area contributed by atoms with Gasteiger partial charge in [0.05, 0.1) is 19.8 Å². The molecule has 1 aliphatic heterocycles. The maximum atomic E-state index is 12.4. The van der Waals surface area contributed by atoms with E-state index in [2.05, 4.69) is 5.32 Å². The Kier molecular flexibility index (Phi) is 4.88. The average molecular weight is 341 g/mol. The van der Waals surface area contributed by atoms with Crippen molar-refractivity contribution in [2.45, 2.75) is 19.1 Å². The summed E-state index contributed by atoms with van der Waals surface area (Å²) in [5, 5.41) is 2.79. The molecule has 2 aromatic rings. The van der Waals surface area contributed by atoms with Crippen molar-refractivity contribution in [1.82, 2.24) is 5.32 Å². The molecule has 0 radical (unpaired) electrons. The molecule has 1 amide bonds. The molecule has 0 aromatic heterocycles. The number of hydrogen-bond donors (Lipinski definition) is 1. The smallest absolute Gasteiger partial charge is 0.339 e. The van der Waals surface area contributed by atoms with Gasteiger partial charge in [-0.05, 0) is 17.7 Å². The number of amides is 1. The van der Waals surface area contributed by atoms with Gasteiger partial charge in [0.2, 0.25) is 0 Å². The van der Waals surface area contributed by atoms with Crippen molar-refractivity contribution in [3.63, 3.8) is 0 Å². The highest BCUT2D eigenvalue weighted by molar-refractivity contribution is 5.95. The zero-order chi connectivity index (χ0) is 17.8. The maximum absolute atomic E-state index is 12.4. The van der Waals surface area contributed by atoms with Crippen LogP contribution in [0.1, 0.15) is 21.5 Å². The minimum absolute atomic E-state index is 0.245. The van der Waals surface area contributed by atoms with Gasteiger partial charge in [-0.25, -0.2) is 4.79 Å². The number of esters is 1. The van der Waals surface area contributed by atoms with Crippen LogP contribution in [0.4, 0.5) is 0 Å². The molecule has 0 spiro atoms. The second kappa shape index (κ2) is 7.25. The maximum Gasteiger partial charge on any atom is 0.339 e. The van der Waals surface area contributed by atoms with Crippen LogP contribution in [0.15, 0.2) is 42.5 Å². The molecular weight excluding hydrogens is 322 g/mol. The van der Waals surface area contributed by atoms with Gasteiger partial charge >= 0.3 is 5.97 Å². The molecule has 1 heterocycles. The number of carbonyl (C=O) groups is 2. The van der Waals surface area contributed by atoms with E-state index in [-0.39, 0.29) is 12.5 Å². The van der Waals surface area contributed by atoms with Crippen LogP contribution in [0.5, 0.6) is 11.5 Å². The average Bonchev–Trinajstić information content (AvgIpc) is 2.65. The topological polar surface area (TPSA) is 73.9 Å². The van der Waals surface area contributed by atoms with Crippen molar-refractivity contribution in [3.8, 4) is 11.5 Å². The minimum atomic E-state index is -0.834. The number of para-hydroxylation sites is 1. The molecule has 0 saturated heterocycles. The summed E-state index contributed by atoms with van der Waals surface area (Å²) in [7, 11) is 3.10. The Bertz CT molecular complexity index is 802. The molecule has 0 bridgehead atoms.